The molecule has 0 bridgehead atoms. The van der Waals surface area contributed by atoms with E-state index >= 15 is 0 Å². The van der Waals surface area contributed by atoms with Crippen LogP contribution in [0, 0.1) is 0 Å². The third-order valence-corrected chi connectivity index (χ3v) is 1.36. The predicted octanol–water partition coefficient (Wildman–Crippen LogP) is 0.425. The van der Waals surface area contributed by atoms with Crippen LogP contribution >= 0.6 is 0 Å². The summed E-state index contributed by atoms with van der Waals surface area (Å²) in [5.74, 6) is -0.337. The van der Waals surface area contributed by atoms with Crippen molar-refractivity contribution in [2.75, 3.05) is 19.8 Å². The Balaban J connectivity index is 3.67. The van der Waals surface area contributed by atoms with E-state index < -0.39 is 0 Å². The number of aliphatic hydroxyl groups is 1. The fourth-order valence-corrected chi connectivity index (χ4v) is 0.776. The van der Waals surface area contributed by atoms with Crippen molar-refractivity contribution >= 4 is 5.97 Å². The van der Waals surface area contributed by atoms with Crippen molar-refractivity contribution in [3.8, 4) is 0 Å². The number of allylic oxidation sites excluding steroid dienone is 1. The van der Waals surface area contributed by atoms with Crippen LogP contribution in [0.4, 0.5) is 0 Å². The van der Waals surface area contributed by atoms with Gasteiger partial charge in [0.05, 0.1) is 6.61 Å². The molecule has 2 N–H and O–H groups in total. The quantitative estimate of drug-likeness (QED) is 0.359. The number of hydrogen-bond acceptors (Lipinski definition) is 4. The Bertz CT molecular complexity index is 178. The van der Waals surface area contributed by atoms with Crippen molar-refractivity contribution in [1.29, 1.82) is 0 Å². The zero-order valence-corrected chi connectivity index (χ0v) is 8.17. The first-order valence-electron chi connectivity index (χ1n) is 4.40. The van der Waals surface area contributed by atoms with Crippen LogP contribution in [0.25, 0.3) is 0 Å². The van der Waals surface area contributed by atoms with Crippen molar-refractivity contribution < 1.29 is 14.6 Å². The number of hydrogen-bond donors (Lipinski definition) is 2. The molecule has 0 heterocycles. The lowest BCUT2D eigenvalue weighted by atomic mass is 10.4. The van der Waals surface area contributed by atoms with Gasteiger partial charge in [-0.3, -0.25) is 0 Å². The van der Waals surface area contributed by atoms with Crippen LogP contribution in [0.15, 0.2) is 11.8 Å². The summed E-state index contributed by atoms with van der Waals surface area (Å²) < 4.78 is 4.71. The number of esters is 1. The van der Waals surface area contributed by atoms with E-state index in [4.69, 9.17) is 9.84 Å². The Hall–Kier alpha value is -1.03. The minimum atomic E-state index is -0.337. The SMILES string of the molecule is CCOC(=O)/C=C(\C)NCCCO. The van der Waals surface area contributed by atoms with E-state index in [9.17, 15) is 4.79 Å². The molecular formula is C9H17NO3. The van der Waals surface area contributed by atoms with Gasteiger partial charge in [-0.2, -0.15) is 0 Å². The molecule has 4 nitrogen and oxygen atoms in total. The van der Waals surface area contributed by atoms with Gasteiger partial charge in [-0.25, -0.2) is 4.79 Å². The summed E-state index contributed by atoms with van der Waals surface area (Å²) in [6, 6.07) is 0. The van der Waals surface area contributed by atoms with Crippen LogP contribution in [0.2, 0.25) is 0 Å². The molecule has 0 amide bonds. The van der Waals surface area contributed by atoms with Crippen LogP contribution in [0.3, 0.4) is 0 Å². The van der Waals surface area contributed by atoms with Gasteiger partial charge in [0.1, 0.15) is 0 Å². The van der Waals surface area contributed by atoms with Gasteiger partial charge in [0.25, 0.3) is 0 Å². The molecule has 0 spiro atoms. The fraction of sp³-hybridized carbons (Fsp3) is 0.667. The molecule has 0 rings (SSSR count). The van der Waals surface area contributed by atoms with E-state index in [-0.39, 0.29) is 12.6 Å². The van der Waals surface area contributed by atoms with Gasteiger partial charge in [-0.1, -0.05) is 0 Å². The third kappa shape index (κ3) is 7.33. The van der Waals surface area contributed by atoms with Gasteiger partial charge in [-0.05, 0) is 20.3 Å². The van der Waals surface area contributed by atoms with Crippen molar-refractivity contribution in [2.45, 2.75) is 20.3 Å². The molecule has 0 saturated heterocycles. The summed E-state index contributed by atoms with van der Waals surface area (Å²) in [5, 5.41) is 11.5. The van der Waals surface area contributed by atoms with Crippen LogP contribution < -0.4 is 5.32 Å². The Morgan fingerprint density at radius 2 is 2.31 bits per heavy atom. The molecule has 0 unspecified atom stereocenters. The molecule has 0 saturated carbocycles. The summed E-state index contributed by atoms with van der Waals surface area (Å²) in [4.78, 5) is 10.9. The highest BCUT2D eigenvalue weighted by Crippen LogP contribution is 1.89. The van der Waals surface area contributed by atoms with E-state index in [0.29, 0.717) is 19.6 Å². The average molecular weight is 187 g/mol. The third-order valence-electron chi connectivity index (χ3n) is 1.36. The second-order valence-corrected chi connectivity index (χ2v) is 2.58. The Labute approximate surface area is 78.6 Å². The maximum absolute atomic E-state index is 10.9. The van der Waals surface area contributed by atoms with Crippen LogP contribution in [0.1, 0.15) is 20.3 Å². The lowest BCUT2D eigenvalue weighted by molar-refractivity contribution is -0.137. The second-order valence-electron chi connectivity index (χ2n) is 2.58. The average Bonchev–Trinajstić information content (AvgIpc) is 2.05. The summed E-state index contributed by atoms with van der Waals surface area (Å²) >= 11 is 0. The van der Waals surface area contributed by atoms with Gasteiger partial charge < -0.3 is 15.2 Å². The van der Waals surface area contributed by atoms with E-state index in [2.05, 4.69) is 5.32 Å². The first kappa shape index (κ1) is 12.0. The molecule has 0 aromatic heterocycles. The molecule has 0 aromatic carbocycles. The second kappa shape index (κ2) is 7.61. The molecule has 0 fully saturated rings. The minimum absolute atomic E-state index is 0.152. The predicted molar refractivity (Wildman–Crippen MR) is 50.1 cm³/mol. The van der Waals surface area contributed by atoms with Gasteiger partial charge in [0.2, 0.25) is 0 Å². The number of rotatable bonds is 6. The molecule has 13 heavy (non-hydrogen) atoms. The molecule has 0 aliphatic heterocycles. The number of carbonyl (C=O) groups excluding carboxylic acids is 1. The van der Waals surface area contributed by atoms with Crippen LogP contribution in [-0.4, -0.2) is 30.8 Å². The van der Waals surface area contributed by atoms with Crippen molar-refractivity contribution in [1.82, 2.24) is 5.32 Å². The monoisotopic (exact) mass is 187 g/mol. The first-order chi connectivity index (χ1) is 6.20. The molecule has 0 atom stereocenters. The maximum Gasteiger partial charge on any atom is 0.332 e. The Morgan fingerprint density at radius 3 is 2.85 bits per heavy atom. The van der Waals surface area contributed by atoms with E-state index in [1.54, 1.807) is 13.8 Å². The van der Waals surface area contributed by atoms with Crippen LogP contribution in [-0.2, 0) is 9.53 Å². The van der Waals surface area contributed by atoms with Gasteiger partial charge in [0, 0.05) is 24.9 Å². The van der Waals surface area contributed by atoms with Crippen molar-refractivity contribution in [3.63, 3.8) is 0 Å². The maximum atomic E-state index is 10.9. The van der Waals surface area contributed by atoms with Crippen LogP contribution in [0.5, 0.6) is 0 Å². The van der Waals surface area contributed by atoms with Crippen molar-refractivity contribution in [3.05, 3.63) is 11.8 Å². The van der Waals surface area contributed by atoms with Gasteiger partial charge in [-0.15, -0.1) is 0 Å². The normalized spacial score (nSPS) is 11.2. The highest BCUT2D eigenvalue weighted by Gasteiger charge is 1.96. The summed E-state index contributed by atoms with van der Waals surface area (Å²) in [5.41, 5.74) is 0.756. The lowest BCUT2D eigenvalue weighted by Crippen LogP contribution is -2.15. The largest absolute Gasteiger partial charge is 0.463 e. The van der Waals surface area contributed by atoms with Crippen molar-refractivity contribution in [2.24, 2.45) is 0 Å². The molecule has 0 aromatic rings. The van der Waals surface area contributed by atoms with E-state index in [1.807, 2.05) is 0 Å². The molecule has 0 aliphatic rings. The Kier molecular flexibility index (Phi) is 7.01. The summed E-state index contributed by atoms with van der Waals surface area (Å²) in [7, 11) is 0. The Morgan fingerprint density at radius 1 is 1.62 bits per heavy atom. The van der Waals surface area contributed by atoms with E-state index in [0.717, 1.165) is 5.70 Å². The highest BCUT2D eigenvalue weighted by atomic mass is 16.5. The molecule has 0 radical (unpaired) electrons. The number of ether oxygens (including phenoxy) is 1. The zero-order chi connectivity index (χ0) is 10.1. The summed E-state index contributed by atoms with van der Waals surface area (Å²) in [6.07, 6.45) is 2.08. The number of nitrogens with one attached hydrogen (secondary N) is 1. The lowest BCUT2D eigenvalue weighted by Gasteiger charge is -2.04. The molecule has 0 aliphatic carbocycles. The summed E-state index contributed by atoms with van der Waals surface area (Å²) in [6.45, 7) is 4.76. The number of aliphatic hydroxyl groups excluding tert-OH is 1. The molecule has 4 heteroatoms. The highest BCUT2D eigenvalue weighted by molar-refractivity contribution is 5.82. The van der Waals surface area contributed by atoms with Gasteiger partial charge >= 0.3 is 5.97 Å². The van der Waals surface area contributed by atoms with Gasteiger partial charge in [0.15, 0.2) is 0 Å². The minimum Gasteiger partial charge on any atom is -0.463 e. The molecule has 76 valence electrons. The molecular weight excluding hydrogens is 170 g/mol. The first-order valence-corrected chi connectivity index (χ1v) is 4.40. The smallest absolute Gasteiger partial charge is 0.332 e. The number of carbonyl (C=O) groups is 1. The topological polar surface area (TPSA) is 58.6 Å². The zero-order valence-electron chi connectivity index (χ0n) is 8.17. The van der Waals surface area contributed by atoms with E-state index in [1.165, 1.54) is 6.08 Å². The fourth-order valence-electron chi connectivity index (χ4n) is 0.776. The standard InChI is InChI=1S/C9H17NO3/c1-3-13-9(12)7-8(2)10-5-4-6-11/h7,10-11H,3-6H2,1-2H3/b8-7+.